The fraction of sp³-hybridized carbons (Fsp3) is 0.600. The summed E-state index contributed by atoms with van der Waals surface area (Å²) < 4.78 is 0. The normalized spacial score (nSPS) is 14.7. The zero-order valence-electron chi connectivity index (χ0n) is 11.7. The van der Waals surface area contributed by atoms with Crippen molar-refractivity contribution in [3.8, 4) is 0 Å². The van der Waals surface area contributed by atoms with E-state index in [9.17, 15) is 0 Å². The number of thioether (sulfide) groups is 1. The molecule has 17 heavy (non-hydrogen) atoms. The Labute approximate surface area is 110 Å². The van der Waals surface area contributed by atoms with Crippen LogP contribution in [0.3, 0.4) is 0 Å². The highest BCUT2D eigenvalue weighted by molar-refractivity contribution is 7.99. The number of hydrogen-bond acceptors (Lipinski definition) is 2. The second-order valence-corrected chi connectivity index (χ2v) is 6.42. The summed E-state index contributed by atoms with van der Waals surface area (Å²) in [7, 11) is 0. The first-order valence-corrected chi connectivity index (χ1v) is 7.45. The van der Waals surface area contributed by atoms with Gasteiger partial charge in [-0.25, -0.2) is 0 Å². The third kappa shape index (κ3) is 4.04. The van der Waals surface area contributed by atoms with Crippen LogP contribution in [0, 0.1) is 20.8 Å². The number of hydrogen-bond donors (Lipinski definition) is 1. The fourth-order valence-corrected chi connectivity index (χ4v) is 2.81. The molecule has 0 saturated carbocycles. The number of nitrogens with two attached hydrogens (primary N) is 1. The molecule has 2 heteroatoms. The van der Waals surface area contributed by atoms with E-state index in [1.807, 2.05) is 11.8 Å². The van der Waals surface area contributed by atoms with Crippen molar-refractivity contribution in [2.75, 3.05) is 5.75 Å². The predicted octanol–water partition coefficient (Wildman–Crippen LogP) is 4.14. The van der Waals surface area contributed by atoms with Gasteiger partial charge >= 0.3 is 0 Å². The summed E-state index contributed by atoms with van der Waals surface area (Å²) >= 11 is 1.97. The molecule has 0 bridgehead atoms. The van der Waals surface area contributed by atoms with Crippen molar-refractivity contribution in [3.63, 3.8) is 0 Å². The van der Waals surface area contributed by atoms with E-state index < -0.39 is 0 Å². The average Bonchev–Trinajstić information content (AvgIpc) is 2.30. The van der Waals surface area contributed by atoms with Crippen molar-refractivity contribution in [2.45, 2.75) is 52.3 Å². The van der Waals surface area contributed by atoms with Gasteiger partial charge in [-0.15, -0.1) is 0 Å². The van der Waals surface area contributed by atoms with E-state index in [1.165, 1.54) is 28.7 Å². The van der Waals surface area contributed by atoms with E-state index in [0.717, 1.165) is 5.75 Å². The van der Waals surface area contributed by atoms with Crippen LogP contribution in [0.25, 0.3) is 0 Å². The van der Waals surface area contributed by atoms with E-state index in [0.29, 0.717) is 5.25 Å². The Hall–Kier alpha value is -0.470. The first-order chi connectivity index (χ1) is 7.95. The second-order valence-electron chi connectivity index (χ2n) is 4.95. The molecule has 0 aliphatic rings. The van der Waals surface area contributed by atoms with Crippen molar-refractivity contribution in [1.29, 1.82) is 0 Å². The van der Waals surface area contributed by atoms with Gasteiger partial charge in [-0.05, 0) is 49.4 Å². The molecule has 2 N–H and O–H groups in total. The summed E-state index contributed by atoms with van der Waals surface area (Å²) in [5, 5.41) is 0.702. The summed E-state index contributed by atoms with van der Waals surface area (Å²) in [5.41, 5.74) is 11.6. The third-order valence-electron chi connectivity index (χ3n) is 3.42. The van der Waals surface area contributed by atoms with Crippen LogP contribution < -0.4 is 5.73 Å². The van der Waals surface area contributed by atoms with Crippen LogP contribution in [0.1, 0.15) is 48.6 Å². The van der Waals surface area contributed by atoms with E-state index in [1.54, 1.807) is 0 Å². The fourth-order valence-electron chi connectivity index (χ4n) is 1.86. The van der Waals surface area contributed by atoms with Gasteiger partial charge in [0.15, 0.2) is 0 Å². The molecule has 1 nitrogen and oxygen atoms in total. The van der Waals surface area contributed by atoms with Crippen LogP contribution in [0.4, 0.5) is 0 Å². The molecule has 0 amide bonds. The number of rotatable bonds is 5. The SMILES string of the molecule is CCC(C)SCC(N)c1cc(C)c(C)cc1C. The minimum absolute atomic E-state index is 0.160. The van der Waals surface area contributed by atoms with Gasteiger partial charge in [-0.3, -0.25) is 0 Å². The van der Waals surface area contributed by atoms with Gasteiger partial charge in [0.2, 0.25) is 0 Å². The number of benzene rings is 1. The largest absolute Gasteiger partial charge is 0.323 e. The average molecular weight is 251 g/mol. The highest BCUT2D eigenvalue weighted by atomic mass is 32.2. The minimum atomic E-state index is 0.160. The van der Waals surface area contributed by atoms with Crippen molar-refractivity contribution in [2.24, 2.45) is 5.73 Å². The minimum Gasteiger partial charge on any atom is -0.323 e. The van der Waals surface area contributed by atoms with E-state index in [-0.39, 0.29) is 6.04 Å². The molecule has 0 spiro atoms. The maximum atomic E-state index is 6.30. The summed E-state index contributed by atoms with van der Waals surface area (Å²) in [5.74, 6) is 1.01. The standard InChI is InChI=1S/C15H25NS/c1-6-13(5)17-9-15(16)14-8-11(3)10(2)7-12(14)4/h7-8,13,15H,6,9,16H2,1-5H3. The van der Waals surface area contributed by atoms with Gasteiger partial charge in [-0.1, -0.05) is 26.0 Å². The quantitative estimate of drug-likeness (QED) is 0.851. The molecule has 1 aromatic rings. The summed E-state index contributed by atoms with van der Waals surface area (Å²) in [6.07, 6.45) is 1.21. The Morgan fingerprint density at radius 1 is 1.12 bits per heavy atom. The Morgan fingerprint density at radius 2 is 1.71 bits per heavy atom. The molecule has 0 heterocycles. The monoisotopic (exact) mass is 251 g/mol. The number of aryl methyl sites for hydroxylation is 3. The lowest BCUT2D eigenvalue weighted by Gasteiger charge is -2.18. The predicted molar refractivity (Wildman–Crippen MR) is 79.8 cm³/mol. The molecule has 0 radical (unpaired) electrons. The molecular weight excluding hydrogens is 226 g/mol. The van der Waals surface area contributed by atoms with E-state index in [4.69, 9.17) is 5.73 Å². The topological polar surface area (TPSA) is 26.0 Å². The van der Waals surface area contributed by atoms with Gasteiger partial charge in [-0.2, -0.15) is 11.8 Å². The van der Waals surface area contributed by atoms with Gasteiger partial charge in [0.25, 0.3) is 0 Å². The van der Waals surface area contributed by atoms with Gasteiger partial charge < -0.3 is 5.73 Å². The molecule has 96 valence electrons. The molecule has 1 rings (SSSR count). The van der Waals surface area contributed by atoms with Crippen molar-refractivity contribution in [3.05, 3.63) is 34.4 Å². The van der Waals surface area contributed by atoms with Crippen LogP contribution in [-0.2, 0) is 0 Å². The van der Waals surface area contributed by atoms with Crippen molar-refractivity contribution >= 4 is 11.8 Å². The van der Waals surface area contributed by atoms with Crippen LogP contribution in [0.15, 0.2) is 12.1 Å². The summed E-state index contributed by atoms with van der Waals surface area (Å²) in [6.45, 7) is 11.0. The summed E-state index contributed by atoms with van der Waals surface area (Å²) in [6, 6.07) is 4.67. The van der Waals surface area contributed by atoms with Crippen LogP contribution in [0.2, 0.25) is 0 Å². The zero-order chi connectivity index (χ0) is 13.0. The first kappa shape index (κ1) is 14.6. The van der Waals surface area contributed by atoms with E-state index in [2.05, 4.69) is 46.8 Å². The molecule has 2 atom stereocenters. The lowest BCUT2D eigenvalue weighted by atomic mass is 9.97. The van der Waals surface area contributed by atoms with Crippen molar-refractivity contribution < 1.29 is 0 Å². The zero-order valence-corrected chi connectivity index (χ0v) is 12.5. The van der Waals surface area contributed by atoms with Gasteiger partial charge in [0, 0.05) is 17.0 Å². The molecule has 1 aromatic carbocycles. The van der Waals surface area contributed by atoms with Crippen LogP contribution in [0.5, 0.6) is 0 Å². The first-order valence-electron chi connectivity index (χ1n) is 6.40. The molecule has 2 unspecified atom stereocenters. The molecule has 0 aliphatic heterocycles. The molecule has 0 aliphatic carbocycles. The molecular formula is C15H25NS. The highest BCUT2D eigenvalue weighted by Crippen LogP contribution is 2.25. The molecule has 0 aromatic heterocycles. The molecule has 0 fully saturated rings. The lowest BCUT2D eigenvalue weighted by Crippen LogP contribution is -2.16. The van der Waals surface area contributed by atoms with Crippen LogP contribution >= 0.6 is 11.8 Å². The van der Waals surface area contributed by atoms with Gasteiger partial charge in [0.1, 0.15) is 0 Å². The highest BCUT2D eigenvalue weighted by Gasteiger charge is 2.12. The molecule has 0 saturated heterocycles. The maximum absolute atomic E-state index is 6.30. The third-order valence-corrected chi connectivity index (χ3v) is 4.87. The lowest BCUT2D eigenvalue weighted by molar-refractivity contribution is 0.811. The smallest absolute Gasteiger partial charge is 0.0389 e. The van der Waals surface area contributed by atoms with Crippen LogP contribution in [-0.4, -0.2) is 11.0 Å². The van der Waals surface area contributed by atoms with Gasteiger partial charge in [0.05, 0.1) is 0 Å². The Kier molecular flexibility index (Phi) is 5.54. The summed E-state index contributed by atoms with van der Waals surface area (Å²) in [4.78, 5) is 0. The van der Waals surface area contributed by atoms with Crippen molar-refractivity contribution in [1.82, 2.24) is 0 Å². The second kappa shape index (κ2) is 6.46. The Morgan fingerprint density at radius 3 is 2.29 bits per heavy atom. The Bertz CT molecular complexity index is 373. The van der Waals surface area contributed by atoms with E-state index >= 15 is 0 Å². The Balaban J connectivity index is 2.75. The maximum Gasteiger partial charge on any atom is 0.0389 e.